The summed E-state index contributed by atoms with van der Waals surface area (Å²) in [7, 11) is -3.44. The van der Waals surface area contributed by atoms with Gasteiger partial charge in [0.1, 0.15) is 10.6 Å². The van der Waals surface area contributed by atoms with E-state index in [9.17, 15) is 13.2 Å². The van der Waals surface area contributed by atoms with Gasteiger partial charge in [-0.05, 0) is 50.2 Å². The van der Waals surface area contributed by atoms with Gasteiger partial charge in [0.15, 0.2) is 15.7 Å². The highest BCUT2D eigenvalue weighted by Gasteiger charge is 2.35. The first-order valence-corrected chi connectivity index (χ1v) is 13.2. The van der Waals surface area contributed by atoms with E-state index in [1.54, 1.807) is 56.3 Å². The van der Waals surface area contributed by atoms with Crippen LogP contribution in [0.2, 0.25) is 0 Å². The third kappa shape index (κ3) is 5.77. The third-order valence-corrected chi connectivity index (χ3v) is 8.09. The number of aromatic nitrogens is 2. The molecule has 0 radical (unpaired) electrons. The van der Waals surface area contributed by atoms with Crippen molar-refractivity contribution in [2.75, 3.05) is 48.1 Å². The van der Waals surface area contributed by atoms with Crippen molar-refractivity contribution < 1.29 is 17.9 Å². The van der Waals surface area contributed by atoms with Gasteiger partial charge in [-0.15, -0.1) is 0 Å². The van der Waals surface area contributed by atoms with Gasteiger partial charge in [0.25, 0.3) is 0 Å². The zero-order chi connectivity index (χ0) is 25.1. The van der Waals surface area contributed by atoms with E-state index < -0.39 is 14.6 Å². The Hall–Kier alpha value is -3.50. The Kier molecular flexibility index (Phi) is 7.04. The van der Waals surface area contributed by atoms with E-state index in [2.05, 4.69) is 20.5 Å². The van der Waals surface area contributed by atoms with E-state index in [0.29, 0.717) is 60.6 Å². The molecule has 1 aliphatic heterocycles. The van der Waals surface area contributed by atoms with Crippen molar-refractivity contribution in [1.29, 1.82) is 0 Å². The third-order valence-electron chi connectivity index (χ3n) is 6.02. The van der Waals surface area contributed by atoms with Crippen molar-refractivity contribution in [2.45, 2.75) is 18.6 Å². The monoisotopic (exact) mass is 495 g/mol. The molecule has 0 spiro atoms. The molecule has 2 aromatic carbocycles. The van der Waals surface area contributed by atoms with Crippen LogP contribution in [0.5, 0.6) is 0 Å². The van der Waals surface area contributed by atoms with Gasteiger partial charge in [-0.2, -0.15) is 0 Å². The van der Waals surface area contributed by atoms with Crippen LogP contribution < -0.4 is 15.5 Å². The lowest BCUT2D eigenvalue weighted by Gasteiger charge is -2.30. The number of nitrogens with one attached hydrogen (secondary N) is 2. The molecule has 2 heterocycles. The van der Waals surface area contributed by atoms with Gasteiger partial charge < -0.3 is 20.3 Å². The van der Waals surface area contributed by atoms with Gasteiger partial charge in [0.2, 0.25) is 0 Å². The standard InChI is InChI=1S/C25H29N5O4S/c1-25(2,35(3,32)33)21-17-22(30-13-15-34-16-14-30)29-23(28-21)18-9-11-20(12-10-18)27-24(31)26-19-7-5-4-6-8-19/h4-12,17H,13-16H2,1-3H3,(H2,26,27,31). The van der Waals surface area contributed by atoms with Crippen molar-refractivity contribution in [3.8, 4) is 11.4 Å². The molecule has 0 bridgehead atoms. The molecule has 1 fully saturated rings. The first-order valence-electron chi connectivity index (χ1n) is 11.3. The Morgan fingerprint density at radius 3 is 2.14 bits per heavy atom. The van der Waals surface area contributed by atoms with E-state index in [1.807, 2.05) is 18.2 Å². The second-order valence-electron chi connectivity index (χ2n) is 8.84. The summed E-state index contributed by atoms with van der Waals surface area (Å²) in [5.74, 6) is 1.08. The molecule has 3 aromatic rings. The minimum absolute atomic E-state index is 0.355. The number of nitrogens with zero attached hydrogens (tertiary/aromatic N) is 3. The SMILES string of the molecule is CC(C)(c1cc(N2CCOCC2)nc(-c2ccc(NC(=O)Nc3ccccc3)cc2)n1)S(C)(=O)=O. The summed E-state index contributed by atoms with van der Waals surface area (Å²) in [6, 6.07) is 17.7. The van der Waals surface area contributed by atoms with Crippen molar-refractivity contribution in [3.63, 3.8) is 0 Å². The van der Waals surface area contributed by atoms with E-state index in [4.69, 9.17) is 9.72 Å². The number of sulfone groups is 1. The minimum Gasteiger partial charge on any atom is -0.378 e. The average molecular weight is 496 g/mol. The molecule has 10 heteroatoms. The number of amides is 2. The zero-order valence-corrected chi connectivity index (χ0v) is 20.8. The Morgan fingerprint density at radius 2 is 1.54 bits per heavy atom. The summed E-state index contributed by atoms with van der Waals surface area (Å²) in [4.78, 5) is 23.7. The molecule has 2 N–H and O–H groups in total. The van der Waals surface area contributed by atoms with E-state index >= 15 is 0 Å². The van der Waals surface area contributed by atoms with Crippen molar-refractivity contribution in [3.05, 3.63) is 66.4 Å². The van der Waals surface area contributed by atoms with Crippen LogP contribution in [-0.4, -0.2) is 57.0 Å². The molecule has 35 heavy (non-hydrogen) atoms. The molecular weight excluding hydrogens is 466 g/mol. The number of carbonyl (C=O) groups excluding carboxylic acids is 1. The molecule has 9 nitrogen and oxygen atoms in total. The van der Waals surface area contributed by atoms with E-state index in [0.717, 1.165) is 0 Å². The average Bonchev–Trinajstić information content (AvgIpc) is 2.84. The number of para-hydroxylation sites is 1. The summed E-state index contributed by atoms with van der Waals surface area (Å²) in [6.45, 7) is 5.78. The Morgan fingerprint density at radius 1 is 0.943 bits per heavy atom. The normalized spacial score (nSPS) is 14.4. The van der Waals surface area contributed by atoms with Gasteiger partial charge >= 0.3 is 6.03 Å². The van der Waals surface area contributed by atoms with Gasteiger partial charge in [-0.1, -0.05) is 18.2 Å². The van der Waals surface area contributed by atoms with Crippen LogP contribution in [0.1, 0.15) is 19.5 Å². The first-order chi connectivity index (χ1) is 16.6. The largest absolute Gasteiger partial charge is 0.378 e. The maximum absolute atomic E-state index is 12.5. The number of ether oxygens (including phenoxy) is 1. The number of hydrogen-bond donors (Lipinski definition) is 2. The zero-order valence-electron chi connectivity index (χ0n) is 20.0. The number of rotatable bonds is 6. The maximum Gasteiger partial charge on any atom is 0.323 e. The Balaban J connectivity index is 1.61. The number of hydrogen-bond acceptors (Lipinski definition) is 7. The smallest absolute Gasteiger partial charge is 0.323 e. The van der Waals surface area contributed by atoms with Crippen molar-refractivity contribution >= 4 is 33.1 Å². The molecule has 184 valence electrons. The summed E-state index contributed by atoms with van der Waals surface area (Å²) < 4.78 is 29.3. The lowest BCUT2D eigenvalue weighted by molar-refractivity contribution is 0.122. The van der Waals surface area contributed by atoms with Crippen molar-refractivity contribution in [2.24, 2.45) is 0 Å². The number of carbonyl (C=O) groups is 1. The van der Waals surface area contributed by atoms with Crippen LogP contribution in [0, 0.1) is 0 Å². The van der Waals surface area contributed by atoms with Gasteiger partial charge in [-0.3, -0.25) is 0 Å². The summed E-state index contributed by atoms with van der Waals surface area (Å²) >= 11 is 0. The van der Waals surface area contributed by atoms with Gasteiger partial charge in [-0.25, -0.2) is 23.2 Å². The predicted molar refractivity (Wildman–Crippen MR) is 137 cm³/mol. The molecule has 1 saturated heterocycles. The second kappa shape index (κ2) is 10.0. The first kappa shape index (κ1) is 24.6. The summed E-state index contributed by atoms with van der Waals surface area (Å²) in [5.41, 5.74) is 2.43. The highest BCUT2D eigenvalue weighted by molar-refractivity contribution is 7.91. The number of anilines is 3. The van der Waals surface area contributed by atoms with Crippen LogP contribution in [0.4, 0.5) is 22.0 Å². The van der Waals surface area contributed by atoms with Crippen LogP contribution >= 0.6 is 0 Å². The Bertz CT molecular complexity index is 1290. The topological polar surface area (TPSA) is 114 Å². The van der Waals surface area contributed by atoms with Crippen LogP contribution in [0.15, 0.2) is 60.7 Å². The molecule has 1 aliphatic rings. The predicted octanol–water partition coefficient (Wildman–Crippen LogP) is 3.90. The van der Waals surface area contributed by atoms with E-state index in [1.165, 1.54) is 6.26 Å². The Labute approximate surface area is 205 Å². The summed E-state index contributed by atoms with van der Waals surface area (Å²) in [6.07, 6.45) is 1.21. The maximum atomic E-state index is 12.5. The minimum atomic E-state index is -3.44. The van der Waals surface area contributed by atoms with Crippen LogP contribution in [0.25, 0.3) is 11.4 Å². The van der Waals surface area contributed by atoms with Gasteiger partial charge in [0, 0.05) is 42.3 Å². The van der Waals surface area contributed by atoms with E-state index in [-0.39, 0.29) is 6.03 Å². The fraction of sp³-hybridized carbons (Fsp3) is 0.320. The molecule has 0 saturated carbocycles. The van der Waals surface area contributed by atoms with Crippen LogP contribution in [0.3, 0.4) is 0 Å². The lowest BCUT2D eigenvalue weighted by Crippen LogP contribution is -2.37. The molecule has 0 aliphatic carbocycles. The molecule has 1 aromatic heterocycles. The van der Waals surface area contributed by atoms with Crippen LogP contribution in [-0.2, 0) is 19.3 Å². The summed E-state index contributed by atoms with van der Waals surface area (Å²) in [5, 5.41) is 5.57. The quantitative estimate of drug-likeness (QED) is 0.533. The molecule has 0 atom stereocenters. The second-order valence-corrected chi connectivity index (χ2v) is 11.4. The molecule has 4 rings (SSSR count). The lowest BCUT2D eigenvalue weighted by atomic mass is 10.1. The fourth-order valence-electron chi connectivity index (χ4n) is 3.53. The molecule has 0 unspecified atom stereocenters. The highest BCUT2D eigenvalue weighted by Crippen LogP contribution is 2.32. The number of morpholine rings is 1. The molecular formula is C25H29N5O4S. The number of urea groups is 1. The molecule has 2 amide bonds. The highest BCUT2D eigenvalue weighted by atomic mass is 32.2. The van der Waals surface area contributed by atoms with Crippen molar-refractivity contribution in [1.82, 2.24) is 9.97 Å². The number of benzene rings is 2. The fourth-order valence-corrected chi connectivity index (χ4v) is 4.02. The van der Waals surface area contributed by atoms with Gasteiger partial charge in [0.05, 0.1) is 18.9 Å².